The Balaban J connectivity index is 1.63. The van der Waals surface area contributed by atoms with Gasteiger partial charge >= 0.3 is 6.09 Å². The number of nitrogens with zero attached hydrogens (tertiary/aromatic N) is 1. The maximum Gasteiger partial charge on any atom is 0.410 e. The molecule has 1 aliphatic rings. The number of amides is 1. The minimum absolute atomic E-state index is 0.145. The van der Waals surface area contributed by atoms with E-state index in [2.05, 4.69) is 12.1 Å². The van der Waals surface area contributed by atoms with Crippen molar-refractivity contribution in [1.82, 2.24) is 4.90 Å². The van der Waals surface area contributed by atoms with Crippen LogP contribution in [0.4, 0.5) is 4.79 Å². The minimum atomic E-state index is -0.281. The Bertz CT molecular complexity index is 644. The number of ether oxygens (including phenoxy) is 1. The Hall–Kier alpha value is -2.33. The summed E-state index contributed by atoms with van der Waals surface area (Å²) in [6.45, 7) is 1.65. The molecule has 0 aliphatic carbocycles. The van der Waals surface area contributed by atoms with Crippen LogP contribution in [-0.2, 0) is 11.3 Å². The standard InChI is InChI=1S/C20H23NO3/c22-14-18-11-12-21(13-19(18)17-9-5-2-6-10-17)20(23)24-15-16-7-3-1-4-8-16/h1-10,18-19,22H,11-15H2. The molecule has 0 radical (unpaired) electrons. The summed E-state index contributed by atoms with van der Waals surface area (Å²) in [6, 6.07) is 19.8. The normalized spacial score (nSPS) is 20.6. The second-order valence-electron chi connectivity index (χ2n) is 6.23. The van der Waals surface area contributed by atoms with Gasteiger partial charge in [-0.15, -0.1) is 0 Å². The van der Waals surface area contributed by atoms with E-state index in [4.69, 9.17) is 4.74 Å². The fourth-order valence-electron chi connectivity index (χ4n) is 3.27. The van der Waals surface area contributed by atoms with E-state index in [-0.39, 0.29) is 31.1 Å². The highest BCUT2D eigenvalue weighted by atomic mass is 16.6. The second-order valence-corrected chi connectivity index (χ2v) is 6.23. The molecule has 1 heterocycles. The molecule has 24 heavy (non-hydrogen) atoms. The summed E-state index contributed by atoms with van der Waals surface area (Å²) >= 11 is 0. The number of carbonyl (C=O) groups excluding carboxylic acids is 1. The van der Waals surface area contributed by atoms with Gasteiger partial charge in [0.1, 0.15) is 6.61 Å². The third kappa shape index (κ3) is 3.95. The van der Waals surface area contributed by atoms with Crippen LogP contribution in [0.15, 0.2) is 60.7 Å². The molecule has 2 unspecified atom stereocenters. The molecule has 1 saturated heterocycles. The molecule has 2 atom stereocenters. The lowest BCUT2D eigenvalue weighted by atomic mass is 9.81. The Kier molecular flexibility index (Phi) is 5.49. The summed E-state index contributed by atoms with van der Waals surface area (Å²) in [5, 5.41) is 9.66. The maximum atomic E-state index is 12.4. The van der Waals surface area contributed by atoms with Crippen LogP contribution in [0.3, 0.4) is 0 Å². The zero-order valence-electron chi connectivity index (χ0n) is 13.7. The Morgan fingerprint density at radius 2 is 1.75 bits per heavy atom. The molecule has 126 valence electrons. The van der Waals surface area contributed by atoms with Gasteiger partial charge in [-0.3, -0.25) is 0 Å². The van der Waals surface area contributed by atoms with E-state index in [0.29, 0.717) is 13.1 Å². The summed E-state index contributed by atoms with van der Waals surface area (Å²) in [7, 11) is 0. The Labute approximate surface area is 142 Å². The van der Waals surface area contributed by atoms with Crippen LogP contribution in [0.25, 0.3) is 0 Å². The first kappa shape index (κ1) is 16.5. The lowest BCUT2D eigenvalue weighted by Crippen LogP contribution is -2.43. The van der Waals surface area contributed by atoms with Gasteiger partial charge in [0, 0.05) is 25.6 Å². The highest BCUT2D eigenvalue weighted by Crippen LogP contribution is 2.32. The van der Waals surface area contributed by atoms with Crippen molar-refractivity contribution < 1.29 is 14.6 Å². The predicted molar refractivity (Wildman–Crippen MR) is 92.6 cm³/mol. The molecule has 0 saturated carbocycles. The molecule has 1 N–H and O–H groups in total. The molecule has 4 nitrogen and oxygen atoms in total. The third-order valence-electron chi connectivity index (χ3n) is 4.68. The van der Waals surface area contributed by atoms with Crippen LogP contribution in [0.5, 0.6) is 0 Å². The van der Waals surface area contributed by atoms with Gasteiger partial charge in [0.05, 0.1) is 0 Å². The van der Waals surface area contributed by atoms with E-state index in [0.717, 1.165) is 17.5 Å². The zero-order valence-corrected chi connectivity index (χ0v) is 13.7. The molecule has 1 aliphatic heterocycles. The van der Waals surface area contributed by atoms with Gasteiger partial charge in [-0.25, -0.2) is 4.79 Å². The van der Waals surface area contributed by atoms with Gasteiger partial charge in [0.2, 0.25) is 0 Å². The van der Waals surface area contributed by atoms with E-state index in [1.165, 1.54) is 0 Å². The van der Waals surface area contributed by atoms with Crippen molar-refractivity contribution in [2.75, 3.05) is 19.7 Å². The van der Waals surface area contributed by atoms with Crippen molar-refractivity contribution in [3.63, 3.8) is 0 Å². The minimum Gasteiger partial charge on any atom is -0.445 e. The van der Waals surface area contributed by atoms with Gasteiger partial charge in [0.15, 0.2) is 0 Å². The number of carbonyl (C=O) groups is 1. The van der Waals surface area contributed by atoms with E-state index in [1.54, 1.807) is 4.90 Å². The molecule has 1 amide bonds. The van der Waals surface area contributed by atoms with Gasteiger partial charge in [0.25, 0.3) is 0 Å². The van der Waals surface area contributed by atoms with Gasteiger partial charge in [-0.05, 0) is 23.5 Å². The van der Waals surface area contributed by atoms with Crippen molar-refractivity contribution in [2.45, 2.75) is 18.9 Å². The SMILES string of the molecule is O=C(OCc1ccccc1)N1CCC(CO)C(c2ccccc2)C1. The number of aliphatic hydroxyl groups excluding tert-OH is 1. The van der Waals surface area contributed by atoms with Crippen molar-refractivity contribution in [2.24, 2.45) is 5.92 Å². The first-order valence-electron chi connectivity index (χ1n) is 8.39. The number of aliphatic hydroxyl groups is 1. The smallest absolute Gasteiger partial charge is 0.410 e. The fraction of sp³-hybridized carbons (Fsp3) is 0.350. The molecule has 0 bridgehead atoms. The quantitative estimate of drug-likeness (QED) is 0.937. The van der Waals surface area contributed by atoms with Crippen molar-refractivity contribution in [3.05, 3.63) is 71.8 Å². The summed E-state index contributed by atoms with van der Waals surface area (Å²) < 4.78 is 5.45. The molecule has 3 rings (SSSR count). The molecule has 4 heteroatoms. The molecular formula is C20H23NO3. The topological polar surface area (TPSA) is 49.8 Å². The average molecular weight is 325 g/mol. The summed E-state index contributed by atoms with van der Waals surface area (Å²) in [6.07, 6.45) is 0.507. The summed E-state index contributed by atoms with van der Waals surface area (Å²) in [5.74, 6) is 0.333. The second kappa shape index (κ2) is 7.97. The van der Waals surface area contributed by atoms with Crippen LogP contribution in [0.2, 0.25) is 0 Å². The van der Waals surface area contributed by atoms with Crippen molar-refractivity contribution in [3.8, 4) is 0 Å². The third-order valence-corrected chi connectivity index (χ3v) is 4.68. The summed E-state index contributed by atoms with van der Waals surface area (Å²) in [4.78, 5) is 14.1. The van der Waals surface area contributed by atoms with Crippen LogP contribution in [-0.4, -0.2) is 35.8 Å². The molecule has 2 aromatic carbocycles. The molecule has 1 fully saturated rings. The van der Waals surface area contributed by atoms with Crippen molar-refractivity contribution in [1.29, 1.82) is 0 Å². The van der Waals surface area contributed by atoms with Gasteiger partial charge in [-0.1, -0.05) is 60.7 Å². The molecule has 0 spiro atoms. The first-order valence-corrected chi connectivity index (χ1v) is 8.39. The van der Waals surface area contributed by atoms with E-state index in [9.17, 15) is 9.90 Å². The number of benzene rings is 2. The lowest BCUT2D eigenvalue weighted by molar-refractivity contribution is 0.0654. The number of hydrogen-bond acceptors (Lipinski definition) is 3. The molecular weight excluding hydrogens is 302 g/mol. The number of piperidine rings is 1. The Morgan fingerprint density at radius 3 is 2.42 bits per heavy atom. The van der Waals surface area contributed by atoms with Crippen LogP contribution in [0.1, 0.15) is 23.5 Å². The van der Waals surface area contributed by atoms with E-state index < -0.39 is 0 Å². The monoisotopic (exact) mass is 325 g/mol. The molecule has 0 aromatic heterocycles. The first-order chi connectivity index (χ1) is 11.8. The van der Waals surface area contributed by atoms with E-state index in [1.807, 2.05) is 48.5 Å². The van der Waals surface area contributed by atoms with Crippen LogP contribution < -0.4 is 0 Å². The van der Waals surface area contributed by atoms with Gasteiger partial charge in [-0.2, -0.15) is 0 Å². The maximum absolute atomic E-state index is 12.4. The van der Waals surface area contributed by atoms with Gasteiger partial charge < -0.3 is 14.7 Å². The zero-order chi connectivity index (χ0) is 16.8. The predicted octanol–water partition coefficient (Wildman–Crippen LogP) is 3.42. The van der Waals surface area contributed by atoms with Crippen molar-refractivity contribution >= 4 is 6.09 Å². The summed E-state index contributed by atoms with van der Waals surface area (Å²) in [5.41, 5.74) is 2.15. The number of likely N-dealkylation sites (tertiary alicyclic amines) is 1. The average Bonchev–Trinajstić information content (AvgIpc) is 2.67. The highest BCUT2D eigenvalue weighted by molar-refractivity contribution is 5.68. The van der Waals surface area contributed by atoms with E-state index >= 15 is 0 Å². The highest BCUT2D eigenvalue weighted by Gasteiger charge is 2.32. The van der Waals surface area contributed by atoms with Crippen LogP contribution in [0, 0.1) is 5.92 Å². The number of rotatable bonds is 4. The Morgan fingerprint density at radius 1 is 1.08 bits per heavy atom. The molecule has 2 aromatic rings. The fourth-order valence-corrected chi connectivity index (χ4v) is 3.27. The number of hydrogen-bond donors (Lipinski definition) is 1. The largest absolute Gasteiger partial charge is 0.445 e. The lowest BCUT2D eigenvalue weighted by Gasteiger charge is -2.37. The van der Waals surface area contributed by atoms with Crippen LogP contribution >= 0.6 is 0 Å².